The zero-order valence-electron chi connectivity index (χ0n) is 16.1. The molecule has 1 atom stereocenters. The molecule has 9 heteroatoms. The molecule has 0 amide bonds. The second-order valence-corrected chi connectivity index (χ2v) is 9.69. The van der Waals surface area contributed by atoms with E-state index in [1.807, 2.05) is 30.3 Å². The fraction of sp³-hybridized carbons (Fsp3) is 0.0909. The lowest BCUT2D eigenvalue weighted by atomic mass is 10.1. The standard InChI is InChI=1S/C22H17N3O4S2/c26-22(27)19(13-16-14-24-21-18(16)7-4-12-23-21)25-31(28,29)20-11-10-17(30-20)9-8-15-5-2-1-3-6-15/h1-7,10-12,14,19,25H,13H2,(H,23,24)(H,26,27)/t19-/m1/s1. The van der Waals surface area contributed by atoms with Crippen molar-refractivity contribution in [2.75, 3.05) is 0 Å². The number of hydrogen-bond acceptors (Lipinski definition) is 5. The molecule has 7 nitrogen and oxygen atoms in total. The van der Waals surface area contributed by atoms with Crippen LogP contribution in [-0.4, -0.2) is 35.5 Å². The molecule has 0 saturated carbocycles. The molecule has 4 aromatic rings. The minimum absolute atomic E-state index is 0.0108. The number of aromatic amines is 1. The highest BCUT2D eigenvalue weighted by molar-refractivity contribution is 7.91. The summed E-state index contributed by atoms with van der Waals surface area (Å²) in [7, 11) is -4.03. The van der Waals surface area contributed by atoms with Gasteiger partial charge in [0.1, 0.15) is 15.9 Å². The lowest BCUT2D eigenvalue weighted by molar-refractivity contribution is -0.138. The third-order valence-electron chi connectivity index (χ3n) is 4.51. The summed E-state index contributed by atoms with van der Waals surface area (Å²) in [5.41, 5.74) is 2.10. The van der Waals surface area contributed by atoms with Crippen molar-refractivity contribution >= 4 is 38.4 Å². The molecule has 0 fully saturated rings. The number of nitrogens with one attached hydrogen (secondary N) is 2. The molecule has 1 aromatic carbocycles. The number of carboxylic acids is 1. The minimum Gasteiger partial charge on any atom is -0.480 e. The van der Waals surface area contributed by atoms with E-state index in [9.17, 15) is 18.3 Å². The first-order valence-corrected chi connectivity index (χ1v) is 11.6. The zero-order valence-corrected chi connectivity index (χ0v) is 17.7. The molecule has 0 radical (unpaired) electrons. The van der Waals surface area contributed by atoms with Crippen LogP contribution in [0.2, 0.25) is 0 Å². The Labute approximate surface area is 182 Å². The third-order valence-corrected chi connectivity index (χ3v) is 7.47. The van der Waals surface area contributed by atoms with Crippen LogP contribution in [0, 0.1) is 11.8 Å². The van der Waals surface area contributed by atoms with Gasteiger partial charge in [0, 0.05) is 29.8 Å². The Hall–Kier alpha value is -3.45. The van der Waals surface area contributed by atoms with Crippen molar-refractivity contribution in [1.82, 2.24) is 14.7 Å². The first kappa shape index (κ1) is 20.8. The van der Waals surface area contributed by atoms with Gasteiger partial charge in [0.05, 0.1) is 4.88 Å². The van der Waals surface area contributed by atoms with E-state index in [4.69, 9.17) is 0 Å². The Morgan fingerprint density at radius 3 is 2.71 bits per heavy atom. The van der Waals surface area contributed by atoms with Crippen LogP contribution in [0.3, 0.4) is 0 Å². The number of aromatic nitrogens is 2. The molecule has 0 unspecified atom stereocenters. The average molecular weight is 452 g/mol. The predicted octanol–water partition coefficient (Wildman–Crippen LogP) is 3.00. The number of H-pyrrole nitrogens is 1. The van der Waals surface area contributed by atoms with Crippen molar-refractivity contribution in [2.24, 2.45) is 0 Å². The van der Waals surface area contributed by atoms with E-state index >= 15 is 0 Å². The number of thiophene rings is 1. The smallest absolute Gasteiger partial charge is 0.322 e. The van der Waals surface area contributed by atoms with E-state index < -0.39 is 22.0 Å². The highest BCUT2D eigenvalue weighted by Crippen LogP contribution is 2.22. The Morgan fingerprint density at radius 1 is 1.13 bits per heavy atom. The van der Waals surface area contributed by atoms with Gasteiger partial charge in [-0.1, -0.05) is 30.0 Å². The lowest BCUT2D eigenvalue weighted by Crippen LogP contribution is -2.41. The first-order chi connectivity index (χ1) is 14.9. The molecule has 4 rings (SSSR count). The van der Waals surface area contributed by atoms with Gasteiger partial charge in [0.25, 0.3) is 10.0 Å². The van der Waals surface area contributed by atoms with Gasteiger partial charge in [-0.05, 0) is 42.0 Å². The van der Waals surface area contributed by atoms with Gasteiger partial charge in [0.15, 0.2) is 0 Å². The number of pyridine rings is 1. The SMILES string of the molecule is O=C(O)[C@@H](Cc1c[nH]c2ncccc12)NS(=O)(=O)c1ccc(C#Cc2ccccc2)s1. The molecule has 0 bridgehead atoms. The maximum atomic E-state index is 12.8. The normalized spacial score (nSPS) is 12.3. The number of fused-ring (bicyclic) bond motifs is 1. The van der Waals surface area contributed by atoms with Crippen molar-refractivity contribution < 1.29 is 18.3 Å². The van der Waals surface area contributed by atoms with Gasteiger partial charge < -0.3 is 10.1 Å². The molecule has 156 valence electrons. The molecular weight excluding hydrogens is 434 g/mol. The molecule has 3 N–H and O–H groups in total. The van der Waals surface area contributed by atoms with Crippen LogP contribution < -0.4 is 4.72 Å². The van der Waals surface area contributed by atoms with Gasteiger partial charge >= 0.3 is 5.97 Å². The fourth-order valence-electron chi connectivity index (χ4n) is 3.01. The van der Waals surface area contributed by atoms with Gasteiger partial charge in [-0.15, -0.1) is 11.3 Å². The van der Waals surface area contributed by atoms with Gasteiger partial charge in [-0.3, -0.25) is 4.79 Å². The summed E-state index contributed by atoms with van der Waals surface area (Å²) in [6.07, 6.45) is 3.24. The average Bonchev–Trinajstić information content (AvgIpc) is 3.40. The molecule has 0 aliphatic rings. The van der Waals surface area contributed by atoms with Crippen molar-refractivity contribution in [2.45, 2.75) is 16.7 Å². The summed E-state index contributed by atoms with van der Waals surface area (Å²) in [5.74, 6) is 4.65. The van der Waals surface area contributed by atoms with E-state index in [0.717, 1.165) is 22.3 Å². The topological polar surface area (TPSA) is 112 Å². The van der Waals surface area contributed by atoms with Crippen LogP contribution in [0.25, 0.3) is 11.0 Å². The molecule has 3 heterocycles. The quantitative estimate of drug-likeness (QED) is 0.390. The van der Waals surface area contributed by atoms with Crippen LogP contribution in [0.15, 0.2) is 71.2 Å². The Balaban J connectivity index is 1.53. The van der Waals surface area contributed by atoms with Crippen LogP contribution >= 0.6 is 11.3 Å². The highest BCUT2D eigenvalue weighted by Gasteiger charge is 2.27. The molecule has 0 aliphatic heterocycles. The number of nitrogens with zero attached hydrogens (tertiary/aromatic N) is 1. The number of aliphatic carboxylic acids is 1. The molecule has 3 aromatic heterocycles. The van der Waals surface area contributed by atoms with E-state index in [1.165, 1.54) is 6.07 Å². The van der Waals surface area contributed by atoms with Crippen LogP contribution in [0.5, 0.6) is 0 Å². The number of sulfonamides is 1. The van der Waals surface area contributed by atoms with Crippen molar-refractivity contribution in [3.05, 3.63) is 83.0 Å². The first-order valence-electron chi connectivity index (χ1n) is 9.25. The summed E-state index contributed by atoms with van der Waals surface area (Å²) >= 11 is 0.990. The van der Waals surface area contributed by atoms with Crippen LogP contribution in [0.4, 0.5) is 0 Å². The monoisotopic (exact) mass is 451 g/mol. The predicted molar refractivity (Wildman–Crippen MR) is 118 cm³/mol. The van der Waals surface area contributed by atoms with E-state index in [2.05, 4.69) is 26.5 Å². The van der Waals surface area contributed by atoms with E-state index in [0.29, 0.717) is 16.1 Å². The van der Waals surface area contributed by atoms with E-state index in [1.54, 1.807) is 30.6 Å². The second-order valence-electron chi connectivity index (χ2n) is 6.66. The summed E-state index contributed by atoms with van der Waals surface area (Å²) in [4.78, 5) is 19.5. The number of carbonyl (C=O) groups is 1. The van der Waals surface area contributed by atoms with Crippen molar-refractivity contribution in [3.63, 3.8) is 0 Å². The number of rotatable bonds is 6. The van der Waals surface area contributed by atoms with E-state index in [-0.39, 0.29) is 10.6 Å². The van der Waals surface area contributed by atoms with Gasteiger partial charge in [0.2, 0.25) is 0 Å². The van der Waals surface area contributed by atoms with Gasteiger partial charge in [-0.2, -0.15) is 4.72 Å². The summed E-state index contributed by atoms with van der Waals surface area (Å²) in [6, 6.07) is 14.6. The number of benzene rings is 1. The molecular formula is C22H17N3O4S2. The maximum absolute atomic E-state index is 12.8. The second kappa shape index (κ2) is 8.73. The fourth-order valence-corrected chi connectivity index (χ4v) is 5.38. The summed E-state index contributed by atoms with van der Waals surface area (Å²) in [6.45, 7) is 0. The van der Waals surface area contributed by atoms with Crippen molar-refractivity contribution in [1.29, 1.82) is 0 Å². The van der Waals surface area contributed by atoms with Gasteiger partial charge in [-0.25, -0.2) is 13.4 Å². The Kier molecular flexibility index (Phi) is 5.86. The molecule has 31 heavy (non-hydrogen) atoms. The third kappa shape index (κ3) is 4.83. The molecule has 0 saturated heterocycles. The van der Waals surface area contributed by atoms with Crippen LogP contribution in [0.1, 0.15) is 16.0 Å². The van der Waals surface area contributed by atoms with Crippen molar-refractivity contribution in [3.8, 4) is 11.8 Å². The zero-order chi connectivity index (χ0) is 21.8. The van der Waals surface area contributed by atoms with Crippen LogP contribution in [-0.2, 0) is 21.2 Å². The number of hydrogen-bond donors (Lipinski definition) is 3. The number of carboxylic acid groups (broad SMARTS) is 1. The maximum Gasteiger partial charge on any atom is 0.322 e. The Morgan fingerprint density at radius 2 is 1.94 bits per heavy atom. The summed E-state index contributed by atoms with van der Waals surface area (Å²) in [5, 5.41) is 10.4. The molecule has 0 spiro atoms. The molecule has 0 aliphatic carbocycles. The largest absolute Gasteiger partial charge is 0.480 e. The highest BCUT2D eigenvalue weighted by atomic mass is 32.2. The minimum atomic E-state index is -4.03. The Bertz CT molecular complexity index is 1400. The lowest BCUT2D eigenvalue weighted by Gasteiger charge is -2.13. The summed E-state index contributed by atoms with van der Waals surface area (Å²) < 4.78 is 27.9.